The molecule has 1 aliphatic heterocycles. The van der Waals surface area contributed by atoms with Crippen LogP contribution in [0.2, 0.25) is 0 Å². The molecule has 0 unspecified atom stereocenters. The van der Waals surface area contributed by atoms with Gasteiger partial charge in [-0.25, -0.2) is 0 Å². The second kappa shape index (κ2) is 3.69. The molecule has 1 aliphatic carbocycles. The number of rotatable bonds is 2. The van der Waals surface area contributed by atoms with Gasteiger partial charge in [0.15, 0.2) is 0 Å². The number of carboxylic acid groups (broad SMARTS) is 1. The van der Waals surface area contributed by atoms with Gasteiger partial charge in [-0.3, -0.25) is 9.79 Å². The fraction of sp³-hybridized carbons (Fsp3) is 0.429. The topological polar surface area (TPSA) is 49.7 Å². The van der Waals surface area contributed by atoms with Crippen LogP contribution in [0.25, 0.3) is 5.57 Å². The van der Waals surface area contributed by atoms with E-state index in [-0.39, 0.29) is 12.0 Å². The maximum Gasteiger partial charge on any atom is 0.307 e. The van der Waals surface area contributed by atoms with E-state index in [9.17, 15) is 4.79 Å². The number of nitrogens with zero attached hydrogens (tertiary/aromatic N) is 1. The standard InChI is InChI=1S/C14H15NO2/c16-13(17)9-11-10-5-1-2-6-12(10)15-14(11)7-3-4-8-14/h1-2,5-6H,3-4,7-9H2,(H,16,17). The number of benzene rings is 1. The average molecular weight is 229 g/mol. The molecule has 3 rings (SSSR count). The van der Waals surface area contributed by atoms with Crippen LogP contribution < -0.4 is 10.6 Å². The molecule has 0 amide bonds. The van der Waals surface area contributed by atoms with Gasteiger partial charge < -0.3 is 5.11 Å². The average Bonchev–Trinajstić information content (AvgIpc) is 2.87. The van der Waals surface area contributed by atoms with Crippen molar-refractivity contribution < 1.29 is 9.90 Å². The van der Waals surface area contributed by atoms with Crippen LogP contribution in [0.3, 0.4) is 0 Å². The third-order valence-electron chi connectivity index (χ3n) is 3.88. The molecule has 1 aromatic carbocycles. The van der Waals surface area contributed by atoms with Crippen molar-refractivity contribution in [3.05, 3.63) is 34.8 Å². The molecule has 0 radical (unpaired) electrons. The summed E-state index contributed by atoms with van der Waals surface area (Å²) in [4.78, 5) is 15.9. The van der Waals surface area contributed by atoms with Crippen molar-refractivity contribution in [2.45, 2.75) is 37.6 Å². The van der Waals surface area contributed by atoms with E-state index in [1.54, 1.807) is 0 Å². The summed E-state index contributed by atoms with van der Waals surface area (Å²) in [6, 6.07) is 7.92. The first kappa shape index (κ1) is 10.5. The summed E-state index contributed by atoms with van der Waals surface area (Å²) >= 11 is 0. The van der Waals surface area contributed by atoms with Gasteiger partial charge in [-0.15, -0.1) is 0 Å². The molecule has 1 N–H and O–H groups in total. The van der Waals surface area contributed by atoms with Crippen LogP contribution in [0.4, 0.5) is 0 Å². The first-order valence-electron chi connectivity index (χ1n) is 6.12. The van der Waals surface area contributed by atoms with E-state index in [4.69, 9.17) is 10.1 Å². The molecule has 1 spiro atoms. The predicted molar refractivity (Wildman–Crippen MR) is 64.1 cm³/mol. The van der Waals surface area contributed by atoms with Gasteiger partial charge in [0.25, 0.3) is 0 Å². The van der Waals surface area contributed by atoms with E-state index < -0.39 is 5.97 Å². The molecular weight excluding hydrogens is 214 g/mol. The Kier molecular flexibility index (Phi) is 2.28. The van der Waals surface area contributed by atoms with Crippen molar-refractivity contribution in [3.8, 4) is 0 Å². The molecule has 1 aromatic rings. The van der Waals surface area contributed by atoms with Gasteiger partial charge in [-0.1, -0.05) is 31.0 Å². The van der Waals surface area contributed by atoms with E-state index in [2.05, 4.69) is 0 Å². The zero-order valence-corrected chi connectivity index (χ0v) is 9.65. The molecule has 88 valence electrons. The van der Waals surface area contributed by atoms with Crippen molar-refractivity contribution >= 4 is 11.5 Å². The van der Waals surface area contributed by atoms with E-state index in [1.165, 1.54) is 0 Å². The predicted octanol–water partition coefficient (Wildman–Crippen LogP) is 1.26. The smallest absolute Gasteiger partial charge is 0.307 e. The molecule has 1 saturated carbocycles. The van der Waals surface area contributed by atoms with Gasteiger partial charge >= 0.3 is 5.97 Å². The van der Waals surface area contributed by atoms with Gasteiger partial charge in [0.05, 0.1) is 17.3 Å². The number of carboxylic acids is 1. The van der Waals surface area contributed by atoms with Crippen molar-refractivity contribution in [2.75, 3.05) is 0 Å². The van der Waals surface area contributed by atoms with Gasteiger partial charge in [-0.2, -0.15) is 0 Å². The highest BCUT2D eigenvalue weighted by Crippen LogP contribution is 2.41. The Morgan fingerprint density at radius 1 is 1.29 bits per heavy atom. The largest absolute Gasteiger partial charge is 0.481 e. The summed E-state index contributed by atoms with van der Waals surface area (Å²) in [7, 11) is 0. The first-order valence-corrected chi connectivity index (χ1v) is 6.12. The maximum atomic E-state index is 11.0. The fourth-order valence-electron chi connectivity index (χ4n) is 3.16. The number of carbonyl (C=O) groups is 1. The zero-order valence-electron chi connectivity index (χ0n) is 9.65. The lowest BCUT2D eigenvalue weighted by atomic mass is 9.87. The molecule has 0 atom stereocenters. The lowest BCUT2D eigenvalue weighted by molar-refractivity contribution is -0.135. The highest BCUT2D eigenvalue weighted by molar-refractivity contribution is 5.81. The number of hydrogen-bond donors (Lipinski definition) is 1. The van der Waals surface area contributed by atoms with E-state index in [0.29, 0.717) is 0 Å². The number of para-hydroxylation sites is 1. The highest BCUT2D eigenvalue weighted by Gasteiger charge is 2.40. The van der Waals surface area contributed by atoms with Gasteiger partial charge in [-0.05, 0) is 24.5 Å². The third-order valence-corrected chi connectivity index (χ3v) is 3.88. The SMILES string of the molecule is O=C(O)CC1=c2ccccc2=NC12CCCC2. The van der Waals surface area contributed by atoms with E-state index >= 15 is 0 Å². The molecule has 3 nitrogen and oxygen atoms in total. The van der Waals surface area contributed by atoms with Crippen LogP contribution in [0.15, 0.2) is 29.3 Å². The summed E-state index contributed by atoms with van der Waals surface area (Å²) in [5.41, 5.74) is 0.834. The minimum absolute atomic E-state index is 0.126. The summed E-state index contributed by atoms with van der Waals surface area (Å²) < 4.78 is 0. The monoisotopic (exact) mass is 229 g/mol. The molecule has 1 heterocycles. The summed E-state index contributed by atoms with van der Waals surface area (Å²) in [6.07, 6.45) is 4.44. The summed E-state index contributed by atoms with van der Waals surface area (Å²) in [6.45, 7) is 0. The van der Waals surface area contributed by atoms with E-state index in [0.717, 1.165) is 41.8 Å². The molecule has 17 heavy (non-hydrogen) atoms. The highest BCUT2D eigenvalue weighted by atomic mass is 16.4. The Balaban J connectivity index is 2.22. The fourth-order valence-corrected chi connectivity index (χ4v) is 3.16. The molecule has 0 aromatic heterocycles. The van der Waals surface area contributed by atoms with Crippen LogP contribution in [-0.4, -0.2) is 16.6 Å². The van der Waals surface area contributed by atoms with Crippen LogP contribution in [-0.2, 0) is 4.79 Å². The van der Waals surface area contributed by atoms with Crippen molar-refractivity contribution in [1.82, 2.24) is 0 Å². The first-order chi connectivity index (χ1) is 8.21. The third kappa shape index (κ3) is 1.57. The van der Waals surface area contributed by atoms with Crippen molar-refractivity contribution in [3.63, 3.8) is 0 Å². The molecule has 2 aliphatic rings. The maximum absolute atomic E-state index is 11.0. The van der Waals surface area contributed by atoms with Gasteiger partial charge in [0, 0.05) is 5.22 Å². The minimum atomic E-state index is -0.752. The van der Waals surface area contributed by atoms with E-state index in [1.807, 2.05) is 24.3 Å². The van der Waals surface area contributed by atoms with Crippen LogP contribution >= 0.6 is 0 Å². The molecular formula is C14H15NO2. The van der Waals surface area contributed by atoms with Crippen LogP contribution in [0, 0.1) is 0 Å². The van der Waals surface area contributed by atoms with Gasteiger partial charge in [0.1, 0.15) is 0 Å². The lowest BCUT2D eigenvalue weighted by Crippen LogP contribution is -2.27. The Morgan fingerprint density at radius 2 is 2.00 bits per heavy atom. The quantitative estimate of drug-likeness (QED) is 0.830. The molecule has 3 heteroatoms. The number of hydrogen-bond acceptors (Lipinski definition) is 2. The Hall–Kier alpha value is -1.64. The van der Waals surface area contributed by atoms with Crippen molar-refractivity contribution in [1.29, 1.82) is 0 Å². The molecule has 0 saturated heterocycles. The Morgan fingerprint density at radius 3 is 2.71 bits per heavy atom. The molecule has 0 bridgehead atoms. The normalized spacial score (nSPS) is 20.4. The summed E-state index contributed by atoms with van der Waals surface area (Å²) in [5, 5.41) is 11.1. The number of aliphatic carboxylic acids is 1. The van der Waals surface area contributed by atoms with Crippen LogP contribution in [0.1, 0.15) is 32.1 Å². The van der Waals surface area contributed by atoms with Crippen LogP contribution in [0.5, 0.6) is 0 Å². The van der Waals surface area contributed by atoms with Crippen molar-refractivity contribution in [2.24, 2.45) is 4.99 Å². The number of fused-ring (bicyclic) bond motifs is 1. The second-order valence-corrected chi connectivity index (χ2v) is 4.92. The minimum Gasteiger partial charge on any atom is -0.481 e. The lowest BCUT2D eigenvalue weighted by Gasteiger charge is -2.23. The van der Waals surface area contributed by atoms with Gasteiger partial charge in [0.2, 0.25) is 0 Å². The Bertz CT molecular complexity index is 582. The zero-order chi connectivity index (χ0) is 11.9. The summed E-state index contributed by atoms with van der Waals surface area (Å²) in [5.74, 6) is -0.752. The molecule has 1 fully saturated rings. The second-order valence-electron chi connectivity index (χ2n) is 4.92. The Labute approximate surface area is 99.5 Å².